The molecule has 2 N–H and O–H groups in total. The number of benzene rings is 2. The Morgan fingerprint density at radius 1 is 1.15 bits per heavy atom. The number of rotatable bonds is 8. The van der Waals surface area contributed by atoms with Gasteiger partial charge in [0.05, 0.1) is 0 Å². The minimum Gasteiger partial charge on any atom is -0.489 e. The van der Waals surface area contributed by atoms with Gasteiger partial charge < -0.3 is 15.4 Å². The van der Waals surface area contributed by atoms with E-state index in [1.54, 1.807) is 0 Å². The summed E-state index contributed by atoms with van der Waals surface area (Å²) in [7, 11) is 0. The predicted octanol–water partition coefficient (Wildman–Crippen LogP) is 3.22. The highest BCUT2D eigenvalue weighted by Gasteiger charge is 2.09. The second kappa shape index (κ2) is 9.93. The second-order valence-corrected chi connectivity index (χ2v) is 7.23. The van der Waals surface area contributed by atoms with E-state index in [1.165, 1.54) is 11.1 Å². The van der Waals surface area contributed by atoms with Crippen LogP contribution in [0.2, 0.25) is 5.02 Å². The van der Waals surface area contributed by atoms with Gasteiger partial charge in [0.2, 0.25) is 0 Å². The van der Waals surface area contributed by atoms with Crippen molar-refractivity contribution < 1.29 is 4.74 Å². The molecule has 2 aromatic carbocycles. The van der Waals surface area contributed by atoms with Crippen LogP contribution >= 0.6 is 11.6 Å². The first-order valence-electron chi connectivity index (χ1n) is 9.31. The van der Waals surface area contributed by atoms with Gasteiger partial charge in [-0.05, 0) is 30.7 Å². The van der Waals surface area contributed by atoms with E-state index in [0.29, 0.717) is 6.61 Å². The maximum atomic E-state index is 6.19. The molecule has 1 aliphatic heterocycles. The molecule has 0 amide bonds. The van der Waals surface area contributed by atoms with Crippen molar-refractivity contribution in [2.24, 2.45) is 0 Å². The third-order valence-electron chi connectivity index (χ3n) is 4.63. The summed E-state index contributed by atoms with van der Waals surface area (Å²) in [4.78, 5) is 2.48. The molecule has 0 atom stereocenters. The molecular weight excluding hydrogens is 346 g/mol. The Bertz CT molecular complexity index is 701. The van der Waals surface area contributed by atoms with E-state index in [9.17, 15) is 0 Å². The van der Waals surface area contributed by atoms with Crippen LogP contribution in [0.4, 0.5) is 0 Å². The van der Waals surface area contributed by atoms with Gasteiger partial charge in [-0.3, -0.25) is 4.90 Å². The van der Waals surface area contributed by atoms with Gasteiger partial charge in [0.15, 0.2) is 0 Å². The lowest BCUT2D eigenvalue weighted by Gasteiger charge is -2.27. The van der Waals surface area contributed by atoms with Crippen LogP contribution in [0, 0.1) is 6.92 Å². The number of aryl methyl sites for hydroxylation is 1. The van der Waals surface area contributed by atoms with Gasteiger partial charge in [0, 0.05) is 56.4 Å². The summed E-state index contributed by atoms with van der Waals surface area (Å²) in [5, 5.41) is 7.65. The molecule has 1 aliphatic rings. The normalized spacial score (nSPS) is 15.2. The Labute approximate surface area is 161 Å². The maximum Gasteiger partial charge on any atom is 0.124 e. The number of nitrogens with one attached hydrogen (secondary N) is 2. The average Bonchev–Trinajstić information content (AvgIpc) is 2.65. The van der Waals surface area contributed by atoms with Crippen molar-refractivity contribution >= 4 is 11.6 Å². The summed E-state index contributed by atoms with van der Waals surface area (Å²) in [6.07, 6.45) is 0. The Morgan fingerprint density at radius 2 is 2.00 bits per heavy atom. The molecule has 0 bridgehead atoms. The molecule has 1 fully saturated rings. The molecule has 0 unspecified atom stereocenters. The number of piperazine rings is 1. The lowest BCUT2D eigenvalue weighted by molar-refractivity contribution is 0.240. The second-order valence-electron chi connectivity index (χ2n) is 6.80. The van der Waals surface area contributed by atoms with Crippen molar-refractivity contribution in [1.82, 2.24) is 15.5 Å². The number of halogens is 1. The summed E-state index contributed by atoms with van der Waals surface area (Å²) in [6, 6.07) is 14.2. The fourth-order valence-corrected chi connectivity index (χ4v) is 3.38. The Hall–Kier alpha value is -1.59. The fraction of sp³-hybridized carbons (Fsp3) is 0.429. The predicted molar refractivity (Wildman–Crippen MR) is 108 cm³/mol. The first kappa shape index (κ1) is 19.2. The van der Waals surface area contributed by atoms with Crippen molar-refractivity contribution in [3.05, 3.63) is 64.2 Å². The highest BCUT2D eigenvalue weighted by Crippen LogP contribution is 2.24. The van der Waals surface area contributed by atoms with E-state index in [0.717, 1.165) is 62.1 Å². The van der Waals surface area contributed by atoms with Crippen LogP contribution in [0.25, 0.3) is 0 Å². The quantitative estimate of drug-likeness (QED) is 0.696. The zero-order chi connectivity index (χ0) is 18.2. The van der Waals surface area contributed by atoms with Crippen LogP contribution in [0.1, 0.15) is 16.7 Å². The first-order chi connectivity index (χ1) is 12.7. The highest BCUT2D eigenvalue weighted by molar-refractivity contribution is 6.30. The molecule has 140 valence electrons. The first-order valence-corrected chi connectivity index (χ1v) is 9.69. The van der Waals surface area contributed by atoms with Crippen molar-refractivity contribution in [1.29, 1.82) is 0 Å². The van der Waals surface area contributed by atoms with Crippen molar-refractivity contribution in [2.75, 3.05) is 39.3 Å². The van der Waals surface area contributed by atoms with Crippen LogP contribution in [-0.2, 0) is 13.2 Å². The minimum atomic E-state index is 0.567. The summed E-state index contributed by atoms with van der Waals surface area (Å²) in [6.45, 7) is 9.89. The molecule has 1 heterocycles. The Morgan fingerprint density at radius 3 is 2.81 bits per heavy atom. The molecular formula is C21H28ClN3O. The van der Waals surface area contributed by atoms with E-state index in [4.69, 9.17) is 16.3 Å². The van der Waals surface area contributed by atoms with Crippen LogP contribution in [0.15, 0.2) is 42.5 Å². The summed E-state index contributed by atoms with van der Waals surface area (Å²) in [5.41, 5.74) is 3.53. The van der Waals surface area contributed by atoms with E-state index in [-0.39, 0.29) is 0 Å². The van der Waals surface area contributed by atoms with Gasteiger partial charge in [-0.15, -0.1) is 0 Å². The van der Waals surface area contributed by atoms with E-state index >= 15 is 0 Å². The highest BCUT2D eigenvalue weighted by atomic mass is 35.5. The van der Waals surface area contributed by atoms with E-state index in [2.05, 4.69) is 46.7 Å². The van der Waals surface area contributed by atoms with Gasteiger partial charge in [-0.2, -0.15) is 0 Å². The smallest absolute Gasteiger partial charge is 0.124 e. The lowest BCUT2D eigenvalue weighted by Crippen LogP contribution is -2.45. The Balaban J connectivity index is 1.51. The van der Waals surface area contributed by atoms with Crippen molar-refractivity contribution in [2.45, 2.75) is 20.1 Å². The SMILES string of the molecule is Cc1cccc(COc2ccc(Cl)cc2CNCCN2CCNCC2)c1. The molecule has 0 aromatic heterocycles. The molecule has 5 heteroatoms. The van der Waals surface area contributed by atoms with Gasteiger partial charge >= 0.3 is 0 Å². The summed E-state index contributed by atoms with van der Waals surface area (Å²) < 4.78 is 6.06. The molecule has 0 spiro atoms. The molecule has 1 saturated heterocycles. The Kier molecular flexibility index (Phi) is 7.32. The summed E-state index contributed by atoms with van der Waals surface area (Å²) >= 11 is 6.19. The van der Waals surface area contributed by atoms with Crippen molar-refractivity contribution in [3.63, 3.8) is 0 Å². The maximum absolute atomic E-state index is 6.19. The number of nitrogens with zero attached hydrogens (tertiary/aromatic N) is 1. The van der Waals surface area contributed by atoms with Gasteiger partial charge in [-0.1, -0.05) is 41.4 Å². The molecule has 0 aliphatic carbocycles. The number of hydrogen-bond acceptors (Lipinski definition) is 4. The van der Waals surface area contributed by atoms with Crippen LogP contribution in [0.5, 0.6) is 5.75 Å². The van der Waals surface area contributed by atoms with Crippen LogP contribution in [-0.4, -0.2) is 44.2 Å². The largest absolute Gasteiger partial charge is 0.489 e. The average molecular weight is 374 g/mol. The molecule has 3 rings (SSSR count). The standard InChI is InChI=1S/C21H28ClN3O/c1-17-3-2-4-18(13-17)16-26-21-6-5-20(22)14-19(21)15-24-9-12-25-10-7-23-8-11-25/h2-6,13-14,23-24H,7-12,15-16H2,1H3. The van der Waals surface area contributed by atoms with E-state index < -0.39 is 0 Å². The summed E-state index contributed by atoms with van der Waals surface area (Å²) in [5.74, 6) is 0.894. The topological polar surface area (TPSA) is 36.5 Å². The molecule has 26 heavy (non-hydrogen) atoms. The number of ether oxygens (including phenoxy) is 1. The van der Waals surface area contributed by atoms with Gasteiger partial charge in [-0.25, -0.2) is 0 Å². The minimum absolute atomic E-state index is 0.567. The van der Waals surface area contributed by atoms with E-state index in [1.807, 2.05) is 18.2 Å². The third kappa shape index (κ3) is 5.99. The zero-order valence-corrected chi connectivity index (χ0v) is 16.2. The third-order valence-corrected chi connectivity index (χ3v) is 4.86. The monoisotopic (exact) mass is 373 g/mol. The lowest BCUT2D eigenvalue weighted by atomic mass is 10.1. The zero-order valence-electron chi connectivity index (χ0n) is 15.4. The van der Waals surface area contributed by atoms with Crippen molar-refractivity contribution in [3.8, 4) is 5.75 Å². The molecule has 4 nitrogen and oxygen atoms in total. The molecule has 2 aromatic rings. The fourth-order valence-electron chi connectivity index (χ4n) is 3.18. The van der Waals surface area contributed by atoms with Crippen LogP contribution in [0.3, 0.4) is 0 Å². The van der Waals surface area contributed by atoms with Gasteiger partial charge in [0.1, 0.15) is 12.4 Å². The number of hydrogen-bond donors (Lipinski definition) is 2. The van der Waals surface area contributed by atoms with Gasteiger partial charge in [0.25, 0.3) is 0 Å². The molecule has 0 radical (unpaired) electrons. The van der Waals surface area contributed by atoms with Crippen LogP contribution < -0.4 is 15.4 Å². The molecule has 0 saturated carbocycles.